The van der Waals surface area contributed by atoms with Crippen LogP contribution in [0, 0.1) is 0 Å². The second-order valence-corrected chi connectivity index (χ2v) is 8.67. The van der Waals surface area contributed by atoms with Gasteiger partial charge in [-0.05, 0) is 56.6 Å². The van der Waals surface area contributed by atoms with E-state index in [-0.39, 0.29) is 11.8 Å². The molecule has 1 N–H and O–H groups in total. The van der Waals surface area contributed by atoms with Crippen LogP contribution >= 0.6 is 23.2 Å². The van der Waals surface area contributed by atoms with Crippen LogP contribution in [0.5, 0.6) is 0 Å². The molecule has 170 valence electrons. The number of carbonyl (C=O) groups excluding carboxylic acids is 1. The Balaban J connectivity index is 1.51. The number of piperidine rings is 1. The van der Waals surface area contributed by atoms with Gasteiger partial charge in [-0.2, -0.15) is 13.2 Å². The van der Waals surface area contributed by atoms with Crippen molar-refractivity contribution in [1.82, 2.24) is 19.5 Å². The predicted molar refractivity (Wildman–Crippen MR) is 116 cm³/mol. The van der Waals surface area contributed by atoms with E-state index in [9.17, 15) is 18.0 Å². The Morgan fingerprint density at radius 2 is 2.00 bits per heavy atom. The Kier molecular flexibility index (Phi) is 6.33. The number of anilines is 1. The summed E-state index contributed by atoms with van der Waals surface area (Å²) in [5.41, 5.74) is 0.0595. The fourth-order valence-corrected chi connectivity index (χ4v) is 4.37. The number of nitrogens with one attached hydrogen (secondary N) is 1. The lowest BCUT2D eigenvalue weighted by atomic mass is 9.96. The molecule has 1 aliphatic rings. The highest BCUT2D eigenvalue weighted by molar-refractivity contribution is 6.36. The van der Waals surface area contributed by atoms with E-state index in [2.05, 4.69) is 15.5 Å². The lowest BCUT2D eigenvalue weighted by molar-refractivity contribution is -0.137. The molecule has 3 heterocycles. The number of carbonyl (C=O) groups is 1. The molecule has 4 rings (SSSR count). The highest BCUT2D eigenvalue weighted by Crippen LogP contribution is 2.32. The number of amides is 1. The van der Waals surface area contributed by atoms with Crippen molar-refractivity contribution in [3.63, 3.8) is 0 Å². The molecule has 1 saturated heterocycles. The van der Waals surface area contributed by atoms with Crippen molar-refractivity contribution in [2.45, 2.75) is 37.9 Å². The van der Waals surface area contributed by atoms with Gasteiger partial charge in [0.15, 0.2) is 5.65 Å². The molecule has 1 amide bonds. The van der Waals surface area contributed by atoms with E-state index in [1.54, 1.807) is 25.1 Å². The van der Waals surface area contributed by atoms with Gasteiger partial charge in [0.2, 0.25) is 5.91 Å². The molecule has 0 radical (unpaired) electrons. The van der Waals surface area contributed by atoms with E-state index < -0.39 is 17.8 Å². The maximum absolute atomic E-state index is 13.2. The fourth-order valence-electron chi connectivity index (χ4n) is 3.92. The normalized spacial score (nSPS) is 18.6. The van der Waals surface area contributed by atoms with Crippen molar-refractivity contribution in [3.8, 4) is 0 Å². The summed E-state index contributed by atoms with van der Waals surface area (Å²) in [6.45, 7) is 2.94. The van der Waals surface area contributed by atoms with Crippen LogP contribution in [0.2, 0.25) is 10.0 Å². The quantitative estimate of drug-likeness (QED) is 0.547. The van der Waals surface area contributed by atoms with Gasteiger partial charge in [-0.15, -0.1) is 10.2 Å². The number of alkyl halides is 3. The standard InChI is InChI=1S/C21H20Cl2F3N5O/c1-12(20(32)27-17-6-5-15(22)9-16(17)23)30-8-2-3-13(10-30)19-29-28-18-7-4-14(11-31(18)19)21(24,25)26/h4-7,9,11-13H,2-3,8,10H2,1H3,(H,27,32)/t12-,13+/m1/s1. The van der Waals surface area contributed by atoms with Gasteiger partial charge < -0.3 is 5.32 Å². The number of aromatic nitrogens is 3. The van der Waals surface area contributed by atoms with E-state index >= 15 is 0 Å². The molecule has 11 heteroatoms. The Bertz CT molecular complexity index is 1150. The highest BCUT2D eigenvalue weighted by atomic mass is 35.5. The molecule has 3 aromatic rings. The molecule has 0 aliphatic carbocycles. The number of halogens is 5. The van der Waals surface area contributed by atoms with Gasteiger partial charge >= 0.3 is 6.18 Å². The van der Waals surface area contributed by atoms with Crippen LogP contribution in [0.4, 0.5) is 18.9 Å². The monoisotopic (exact) mass is 485 g/mol. The van der Waals surface area contributed by atoms with Crippen molar-refractivity contribution < 1.29 is 18.0 Å². The zero-order valence-electron chi connectivity index (χ0n) is 17.0. The molecule has 6 nitrogen and oxygen atoms in total. The molecular weight excluding hydrogens is 466 g/mol. The van der Waals surface area contributed by atoms with Crippen molar-refractivity contribution in [3.05, 3.63) is 58.0 Å². The van der Waals surface area contributed by atoms with Crippen molar-refractivity contribution in [1.29, 1.82) is 0 Å². The summed E-state index contributed by atoms with van der Waals surface area (Å²) < 4.78 is 40.9. The Morgan fingerprint density at radius 1 is 1.22 bits per heavy atom. The zero-order valence-corrected chi connectivity index (χ0v) is 18.5. The second-order valence-electron chi connectivity index (χ2n) is 7.83. The first kappa shape index (κ1) is 22.8. The summed E-state index contributed by atoms with van der Waals surface area (Å²) in [6.07, 6.45) is -1.91. The van der Waals surface area contributed by atoms with Crippen molar-refractivity contribution in [2.24, 2.45) is 0 Å². The summed E-state index contributed by atoms with van der Waals surface area (Å²) in [7, 11) is 0. The molecule has 1 aliphatic heterocycles. The zero-order chi connectivity index (χ0) is 23.0. The number of hydrogen-bond acceptors (Lipinski definition) is 4. The van der Waals surface area contributed by atoms with Gasteiger partial charge in [-0.25, -0.2) is 0 Å². The fraction of sp³-hybridized carbons (Fsp3) is 0.381. The van der Waals surface area contributed by atoms with Gasteiger partial charge in [0.1, 0.15) is 5.82 Å². The van der Waals surface area contributed by atoms with Gasteiger partial charge in [0.05, 0.1) is 22.3 Å². The van der Waals surface area contributed by atoms with Crippen LogP contribution in [0.15, 0.2) is 36.5 Å². The lowest BCUT2D eigenvalue weighted by Gasteiger charge is -2.35. The number of hydrogen-bond donors (Lipinski definition) is 1. The van der Waals surface area contributed by atoms with Crippen LogP contribution in [-0.2, 0) is 11.0 Å². The second kappa shape index (κ2) is 8.88. The van der Waals surface area contributed by atoms with Crippen molar-refractivity contribution in [2.75, 3.05) is 18.4 Å². The van der Waals surface area contributed by atoms with Crippen LogP contribution in [-0.4, -0.2) is 44.5 Å². The summed E-state index contributed by atoms with van der Waals surface area (Å²) in [4.78, 5) is 14.8. The third-order valence-electron chi connectivity index (χ3n) is 5.69. The average Bonchev–Trinajstić information content (AvgIpc) is 3.18. The van der Waals surface area contributed by atoms with Gasteiger partial charge in [-0.1, -0.05) is 23.2 Å². The number of fused-ring (bicyclic) bond motifs is 1. The van der Waals surface area contributed by atoms with E-state index in [0.29, 0.717) is 40.3 Å². The maximum atomic E-state index is 13.2. The van der Waals surface area contributed by atoms with Gasteiger partial charge in [0.25, 0.3) is 0 Å². The first-order valence-corrected chi connectivity index (χ1v) is 10.8. The topological polar surface area (TPSA) is 62.5 Å². The largest absolute Gasteiger partial charge is 0.417 e. The molecular formula is C21H20Cl2F3N5O. The molecule has 0 spiro atoms. The molecule has 0 bridgehead atoms. The Labute approximate surface area is 192 Å². The van der Waals surface area contributed by atoms with Crippen LogP contribution in [0.3, 0.4) is 0 Å². The maximum Gasteiger partial charge on any atom is 0.417 e. The van der Waals surface area contributed by atoms with E-state index in [1.165, 1.54) is 10.5 Å². The molecule has 1 aromatic carbocycles. The minimum atomic E-state index is -4.45. The molecule has 0 saturated carbocycles. The number of nitrogens with zero attached hydrogens (tertiary/aromatic N) is 4. The predicted octanol–water partition coefficient (Wildman–Crippen LogP) is 5.26. The number of pyridine rings is 1. The molecule has 32 heavy (non-hydrogen) atoms. The smallest absolute Gasteiger partial charge is 0.323 e. The van der Waals surface area contributed by atoms with Crippen LogP contribution < -0.4 is 5.32 Å². The van der Waals surface area contributed by atoms with Gasteiger partial charge in [-0.3, -0.25) is 14.1 Å². The number of likely N-dealkylation sites (tertiary alicyclic amines) is 1. The Morgan fingerprint density at radius 3 is 2.72 bits per heavy atom. The van der Waals surface area contributed by atoms with E-state index in [4.69, 9.17) is 23.2 Å². The first-order valence-electron chi connectivity index (χ1n) is 10.1. The molecule has 1 fully saturated rings. The third kappa shape index (κ3) is 4.69. The Hall–Kier alpha value is -2.36. The van der Waals surface area contributed by atoms with Crippen LogP contribution in [0.25, 0.3) is 5.65 Å². The van der Waals surface area contributed by atoms with Crippen LogP contribution in [0.1, 0.15) is 37.1 Å². The van der Waals surface area contributed by atoms with E-state index in [0.717, 1.165) is 25.1 Å². The molecule has 0 unspecified atom stereocenters. The van der Waals surface area contributed by atoms with Crippen molar-refractivity contribution >= 4 is 40.4 Å². The average molecular weight is 486 g/mol. The SMILES string of the molecule is C[C@H](C(=O)Nc1ccc(Cl)cc1Cl)N1CCC[C@H](c2nnc3ccc(C(F)(F)F)cn23)C1. The first-order chi connectivity index (χ1) is 15.1. The number of rotatable bonds is 4. The number of benzene rings is 1. The third-order valence-corrected chi connectivity index (χ3v) is 6.24. The van der Waals surface area contributed by atoms with E-state index in [1.807, 2.05) is 4.90 Å². The highest BCUT2D eigenvalue weighted by Gasteiger charge is 2.33. The molecule has 2 aromatic heterocycles. The molecule has 2 atom stereocenters. The lowest BCUT2D eigenvalue weighted by Crippen LogP contribution is -2.46. The summed E-state index contributed by atoms with van der Waals surface area (Å²) in [5.74, 6) is 0.0705. The summed E-state index contributed by atoms with van der Waals surface area (Å²) >= 11 is 12.0. The summed E-state index contributed by atoms with van der Waals surface area (Å²) in [6, 6.07) is 6.65. The van der Waals surface area contributed by atoms with Gasteiger partial charge in [0, 0.05) is 23.7 Å². The minimum absolute atomic E-state index is 0.156. The minimum Gasteiger partial charge on any atom is -0.323 e. The summed E-state index contributed by atoms with van der Waals surface area (Å²) in [5, 5.41) is 11.8.